The molecule has 4 aromatic rings. The molecular formula is C21H18Cl2N6. The monoisotopic (exact) mass is 424 g/mol. The summed E-state index contributed by atoms with van der Waals surface area (Å²) >= 11 is 12.5. The van der Waals surface area contributed by atoms with Gasteiger partial charge in [-0.3, -0.25) is 0 Å². The molecule has 0 amide bonds. The molecule has 3 heterocycles. The number of rotatable bonds is 3. The highest BCUT2D eigenvalue weighted by Crippen LogP contribution is 2.29. The Morgan fingerprint density at radius 3 is 2.41 bits per heavy atom. The van der Waals surface area contributed by atoms with Gasteiger partial charge < -0.3 is 9.80 Å². The van der Waals surface area contributed by atoms with Crippen LogP contribution in [0, 0.1) is 0 Å². The summed E-state index contributed by atoms with van der Waals surface area (Å²) in [5.41, 5.74) is 2.71. The molecule has 0 bridgehead atoms. The molecule has 0 spiro atoms. The van der Waals surface area contributed by atoms with Crippen LogP contribution in [0.4, 0.5) is 11.5 Å². The molecule has 29 heavy (non-hydrogen) atoms. The average molecular weight is 425 g/mol. The lowest BCUT2D eigenvalue weighted by atomic mass is 10.2. The molecule has 5 rings (SSSR count). The standard InChI is InChI=1S/C21H18Cl2N6/c22-15-4-3-5-16(12-15)27-8-10-28(11-9-27)20-17-13-26-29(21(17)25-14-24-20)19-7-2-1-6-18(19)23/h1-7,12-14H,8-11H2. The van der Waals surface area contributed by atoms with E-state index in [1.54, 1.807) is 11.0 Å². The average Bonchev–Trinajstić information content (AvgIpc) is 3.18. The third-order valence-electron chi connectivity index (χ3n) is 5.18. The van der Waals surface area contributed by atoms with Crippen molar-refractivity contribution in [3.63, 3.8) is 0 Å². The molecular weight excluding hydrogens is 407 g/mol. The van der Waals surface area contributed by atoms with E-state index in [1.165, 1.54) is 0 Å². The second-order valence-electron chi connectivity index (χ2n) is 6.90. The quantitative estimate of drug-likeness (QED) is 0.486. The summed E-state index contributed by atoms with van der Waals surface area (Å²) in [7, 11) is 0. The van der Waals surface area contributed by atoms with Crippen LogP contribution in [-0.4, -0.2) is 45.9 Å². The molecule has 2 aromatic heterocycles. The minimum Gasteiger partial charge on any atom is -0.368 e. The Hall–Kier alpha value is -2.83. The molecule has 0 atom stereocenters. The lowest BCUT2D eigenvalue weighted by Crippen LogP contribution is -2.46. The molecule has 0 aliphatic carbocycles. The normalized spacial score (nSPS) is 14.6. The van der Waals surface area contributed by atoms with Crippen molar-refractivity contribution < 1.29 is 0 Å². The summed E-state index contributed by atoms with van der Waals surface area (Å²) < 4.78 is 1.77. The summed E-state index contributed by atoms with van der Waals surface area (Å²) in [5.74, 6) is 0.902. The number of para-hydroxylation sites is 1. The molecule has 2 aromatic carbocycles. The summed E-state index contributed by atoms with van der Waals surface area (Å²) in [4.78, 5) is 13.6. The van der Waals surface area contributed by atoms with Crippen LogP contribution in [0.1, 0.15) is 0 Å². The van der Waals surface area contributed by atoms with Gasteiger partial charge in [0.05, 0.1) is 22.3 Å². The SMILES string of the molecule is Clc1cccc(N2CCN(c3ncnc4c3cnn4-c3ccccc3Cl)CC2)c1. The number of hydrogen-bond acceptors (Lipinski definition) is 5. The van der Waals surface area contributed by atoms with Crippen molar-refractivity contribution in [1.29, 1.82) is 0 Å². The highest BCUT2D eigenvalue weighted by atomic mass is 35.5. The Morgan fingerprint density at radius 1 is 0.828 bits per heavy atom. The Kier molecular flexibility index (Phi) is 4.73. The van der Waals surface area contributed by atoms with Crippen LogP contribution in [0.25, 0.3) is 16.7 Å². The number of hydrogen-bond donors (Lipinski definition) is 0. The molecule has 1 fully saturated rings. The largest absolute Gasteiger partial charge is 0.368 e. The lowest BCUT2D eigenvalue weighted by molar-refractivity contribution is 0.649. The molecule has 1 saturated heterocycles. The van der Waals surface area contributed by atoms with Gasteiger partial charge in [0.2, 0.25) is 0 Å². The molecule has 8 heteroatoms. The molecule has 1 aliphatic rings. The summed E-state index contributed by atoms with van der Waals surface area (Å²) in [6, 6.07) is 15.6. The van der Waals surface area contributed by atoms with Crippen molar-refractivity contribution in [3.05, 3.63) is 71.1 Å². The van der Waals surface area contributed by atoms with Crippen LogP contribution in [0.5, 0.6) is 0 Å². The van der Waals surface area contributed by atoms with Crippen molar-refractivity contribution in [2.24, 2.45) is 0 Å². The van der Waals surface area contributed by atoms with Crippen molar-refractivity contribution in [1.82, 2.24) is 19.7 Å². The Balaban J connectivity index is 1.43. The minimum absolute atomic E-state index is 0.632. The van der Waals surface area contributed by atoms with Gasteiger partial charge in [-0.1, -0.05) is 41.4 Å². The molecule has 0 unspecified atom stereocenters. The molecule has 0 N–H and O–H groups in total. The van der Waals surface area contributed by atoms with Crippen LogP contribution in [0.15, 0.2) is 61.1 Å². The zero-order chi connectivity index (χ0) is 19.8. The number of aromatic nitrogens is 4. The van der Waals surface area contributed by atoms with Gasteiger partial charge in [0.1, 0.15) is 12.1 Å². The van der Waals surface area contributed by atoms with Crippen LogP contribution in [0.3, 0.4) is 0 Å². The first-order valence-electron chi connectivity index (χ1n) is 9.40. The maximum absolute atomic E-state index is 6.36. The lowest BCUT2D eigenvalue weighted by Gasteiger charge is -2.36. The van der Waals surface area contributed by atoms with Crippen LogP contribution in [-0.2, 0) is 0 Å². The van der Waals surface area contributed by atoms with E-state index in [2.05, 4.69) is 30.9 Å². The van der Waals surface area contributed by atoms with E-state index in [9.17, 15) is 0 Å². The zero-order valence-corrected chi connectivity index (χ0v) is 17.1. The van der Waals surface area contributed by atoms with E-state index in [-0.39, 0.29) is 0 Å². The van der Waals surface area contributed by atoms with E-state index in [0.29, 0.717) is 5.02 Å². The molecule has 0 saturated carbocycles. The first kappa shape index (κ1) is 18.2. The Labute approximate surface area is 178 Å². The molecule has 146 valence electrons. The number of anilines is 2. The highest BCUT2D eigenvalue weighted by Gasteiger charge is 2.22. The Morgan fingerprint density at radius 2 is 1.62 bits per heavy atom. The van der Waals surface area contributed by atoms with Crippen LogP contribution >= 0.6 is 23.2 Å². The number of piperazine rings is 1. The van der Waals surface area contributed by atoms with E-state index in [1.807, 2.05) is 48.7 Å². The van der Waals surface area contributed by atoms with Gasteiger partial charge in [-0.25, -0.2) is 14.6 Å². The van der Waals surface area contributed by atoms with Crippen molar-refractivity contribution >= 4 is 45.7 Å². The van der Waals surface area contributed by atoms with E-state index >= 15 is 0 Å². The third-order valence-corrected chi connectivity index (χ3v) is 5.73. The van der Waals surface area contributed by atoms with E-state index in [0.717, 1.165) is 59.4 Å². The summed E-state index contributed by atoms with van der Waals surface area (Å²) in [6.07, 6.45) is 3.41. The van der Waals surface area contributed by atoms with Gasteiger partial charge in [-0.05, 0) is 30.3 Å². The molecule has 0 radical (unpaired) electrons. The maximum Gasteiger partial charge on any atom is 0.168 e. The molecule has 6 nitrogen and oxygen atoms in total. The fourth-order valence-corrected chi connectivity index (χ4v) is 4.13. The molecule has 1 aliphatic heterocycles. The number of halogens is 2. The van der Waals surface area contributed by atoms with E-state index < -0.39 is 0 Å². The maximum atomic E-state index is 6.36. The van der Waals surface area contributed by atoms with Crippen molar-refractivity contribution in [2.45, 2.75) is 0 Å². The van der Waals surface area contributed by atoms with Crippen molar-refractivity contribution in [2.75, 3.05) is 36.0 Å². The second-order valence-corrected chi connectivity index (χ2v) is 7.74. The van der Waals surface area contributed by atoms with Gasteiger partial charge in [-0.2, -0.15) is 5.10 Å². The smallest absolute Gasteiger partial charge is 0.168 e. The van der Waals surface area contributed by atoms with Crippen LogP contribution in [0.2, 0.25) is 10.0 Å². The third kappa shape index (κ3) is 3.39. The topological polar surface area (TPSA) is 50.1 Å². The van der Waals surface area contributed by atoms with Crippen molar-refractivity contribution in [3.8, 4) is 5.69 Å². The predicted octanol–water partition coefficient (Wildman–Crippen LogP) is 4.45. The summed E-state index contributed by atoms with van der Waals surface area (Å²) in [5, 5.41) is 6.84. The van der Waals surface area contributed by atoms with Gasteiger partial charge >= 0.3 is 0 Å². The van der Waals surface area contributed by atoms with E-state index in [4.69, 9.17) is 23.2 Å². The second kappa shape index (κ2) is 7.54. The van der Waals surface area contributed by atoms with Gasteiger partial charge in [0, 0.05) is 36.9 Å². The van der Waals surface area contributed by atoms with Gasteiger partial charge in [-0.15, -0.1) is 0 Å². The first-order chi connectivity index (χ1) is 14.2. The summed E-state index contributed by atoms with van der Waals surface area (Å²) in [6.45, 7) is 3.50. The predicted molar refractivity (Wildman–Crippen MR) is 118 cm³/mol. The van der Waals surface area contributed by atoms with Gasteiger partial charge in [0.15, 0.2) is 5.65 Å². The van der Waals surface area contributed by atoms with Gasteiger partial charge in [0.25, 0.3) is 0 Å². The minimum atomic E-state index is 0.632. The fraction of sp³-hybridized carbons (Fsp3) is 0.190. The Bertz CT molecular complexity index is 1170. The number of nitrogens with zero attached hydrogens (tertiary/aromatic N) is 6. The number of fused-ring (bicyclic) bond motifs is 1. The fourth-order valence-electron chi connectivity index (χ4n) is 3.73. The first-order valence-corrected chi connectivity index (χ1v) is 10.2. The highest BCUT2D eigenvalue weighted by molar-refractivity contribution is 6.32. The zero-order valence-electron chi connectivity index (χ0n) is 15.5. The number of benzene rings is 2. The van der Waals surface area contributed by atoms with Crippen LogP contribution < -0.4 is 9.80 Å².